The number of alkyl halides is 1. The fourth-order valence-electron chi connectivity index (χ4n) is 1.10. The van der Waals surface area contributed by atoms with Crippen LogP contribution in [0.1, 0.15) is 27.9 Å². The molecule has 14 heavy (non-hydrogen) atoms. The van der Waals surface area contributed by atoms with Crippen molar-refractivity contribution in [3.05, 3.63) is 34.9 Å². The summed E-state index contributed by atoms with van der Waals surface area (Å²) in [5.41, 5.74) is 2.68. The Hall–Kier alpha value is -1.07. The Morgan fingerprint density at radius 2 is 2.29 bits per heavy atom. The van der Waals surface area contributed by atoms with Crippen LogP contribution in [0.15, 0.2) is 18.2 Å². The number of hydrogen-bond donors (Lipinski definition) is 0. The van der Waals surface area contributed by atoms with E-state index in [-0.39, 0.29) is 0 Å². The molecule has 1 aromatic carbocycles. The van der Waals surface area contributed by atoms with Crippen LogP contribution < -0.4 is 0 Å². The molecular weight excluding hydrogens is 240 g/mol. The van der Waals surface area contributed by atoms with Gasteiger partial charge in [-0.3, -0.25) is 4.79 Å². The Bertz CT molecular complexity index is 385. The molecule has 1 nitrogen and oxygen atoms in total. The van der Waals surface area contributed by atoms with Crippen LogP contribution in [-0.2, 0) is 0 Å². The average molecular weight is 251 g/mol. The van der Waals surface area contributed by atoms with Crippen LogP contribution in [0.2, 0.25) is 0 Å². The summed E-state index contributed by atoms with van der Waals surface area (Å²) in [6.07, 6.45) is 1.71. The highest BCUT2D eigenvalue weighted by Gasteiger charge is 1.95. The van der Waals surface area contributed by atoms with Gasteiger partial charge in [0.1, 0.15) is 6.29 Å². The summed E-state index contributed by atoms with van der Waals surface area (Å²) in [7, 11) is 0. The molecule has 0 aliphatic heterocycles. The third-order valence-electron chi connectivity index (χ3n) is 1.85. The van der Waals surface area contributed by atoms with Crippen molar-refractivity contribution in [1.29, 1.82) is 0 Å². The minimum absolute atomic E-state index is 0.732. The molecule has 72 valence electrons. The van der Waals surface area contributed by atoms with Gasteiger partial charge in [-0.05, 0) is 24.6 Å². The molecule has 0 fully saturated rings. The van der Waals surface area contributed by atoms with Gasteiger partial charge >= 0.3 is 0 Å². The largest absolute Gasteiger partial charge is 0.298 e. The first-order chi connectivity index (χ1) is 6.77. The van der Waals surface area contributed by atoms with Gasteiger partial charge < -0.3 is 0 Å². The number of carbonyl (C=O) groups excluding carboxylic acids is 1. The third-order valence-corrected chi connectivity index (χ3v) is 2.25. The van der Waals surface area contributed by atoms with E-state index in [9.17, 15) is 4.79 Å². The van der Waals surface area contributed by atoms with E-state index in [1.807, 2.05) is 19.1 Å². The van der Waals surface area contributed by atoms with Gasteiger partial charge in [0, 0.05) is 22.9 Å². The summed E-state index contributed by atoms with van der Waals surface area (Å²) in [5.74, 6) is 6.07. The molecule has 0 bridgehead atoms. The molecule has 2 heteroatoms. The quantitative estimate of drug-likeness (QED) is 0.448. The summed E-state index contributed by atoms with van der Waals surface area (Å²) in [4.78, 5) is 10.6. The normalized spacial score (nSPS) is 9.00. The van der Waals surface area contributed by atoms with Crippen molar-refractivity contribution in [1.82, 2.24) is 0 Å². The lowest BCUT2D eigenvalue weighted by atomic mass is 10.1. The summed E-state index contributed by atoms with van der Waals surface area (Å²) in [6, 6.07) is 5.61. The van der Waals surface area contributed by atoms with Gasteiger partial charge in [0.15, 0.2) is 0 Å². The Morgan fingerprint density at radius 3 is 2.86 bits per heavy atom. The summed E-state index contributed by atoms with van der Waals surface area (Å²) in [6.45, 7) is 1.92. The maximum absolute atomic E-state index is 10.6. The third kappa shape index (κ3) is 3.01. The van der Waals surface area contributed by atoms with E-state index in [1.165, 1.54) is 0 Å². The number of benzene rings is 1. The molecule has 0 aliphatic carbocycles. The van der Waals surface area contributed by atoms with E-state index in [1.54, 1.807) is 6.07 Å². The molecule has 0 radical (unpaired) electrons. The SMILES string of the molecule is Cc1cc(C#CCCBr)ccc1C=O. The average Bonchev–Trinajstić information content (AvgIpc) is 2.18. The second kappa shape index (κ2) is 5.62. The molecule has 0 heterocycles. The highest BCUT2D eigenvalue weighted by Crippen LogP contribution is 2.08. The fourth-order valence-corrected chi connectivity index (χ4v) is 1.30. The lowest BCUT2D eigenvalue weighted by Crippen LogP contribution is -1.86. The summed E-state index contributed by atoms with van der Waals surface area (Å²) >= 11 is 3.31. The molecular formula is C12H11BrO. The van der Waals surface area contributed by atoms with Crippen LogP contribution in [0.5, 0.6) is 0 Å². The lowest BCUT2D eigenvalue weighted by Gasteiger charge is -1.97. The van der Waals surface area contributed by atoms with Crippen LogP contribution in [0.3, 0.4) is 0 Å². The molecule has 0 unspecified atom stereocenters. The number of rotatable bonds is 2. The minimum Gasteiger partial charge on any atom is -0.298 e. The zero-order valence-electron chi connectivity index (χ0n) is 8.01. The second-order valence-electron chi connectivity index (χ2n) is 2.93. The van der Waals surface area contributed by atoms with Crippen molar-refractivity contribution >= 4 is 22.2 Å². The predicted molar refractivity (Wildman–Crippen MR) is 61.9 cm³/mol. The van der Waals surface area contributed by atoms with Gasteiger partial charge in [0.2, 0.25) is 0 Å². The lowest BCUT2D eigenvalue weighted by molar-refractivity contribution is 0.112. The van der Waals surface area contributed by atoms with Crippen molar-refractivity contribution in [3.63, 3.8) is 0 Å². The van der Waals surface area contributed by atoms with Crippen molar-refractivity contribution in [2.24, 2.45) is 0 Å². The van der Waals surface area contributed by atoms with Gasteiger partial charge in [-0.15, -0.1) is 0 Å². The molecule has 0 spiro atoms. The van der Waals surface area contributed by atoms with Crippen molar-refractivity contribution in [3.8, 4) is 11.8 Å². The van der Waals surface area contributed by atoms with Gasteiger partial charge in [0.25, 0.3) is 0 Å². The molecule has 0 saturated heterocycles. The Kier molecular flexibility index (Phi) is 4.42. The number of hydrogen-bond acceptors (Lipinski definition) is 1. The first kappa shape index (κ1) is 11.0. The van der Waals surface area contributed by atoms with Crippen LogP contribution >= 0.6 is 15.9 Å². The maximum atomic E-state index is 10.6. The first-order valence-electron chi connectivity index (χ1n) is 4.38. The molecule has 0 saturated carbocycles. The highest BCUT2D eigenvalue weighted by molar-refractivity contribution is 9.09. The molecule has 0 atom stereocenters. The van der Waals surface area contributed by atoms with E-state index in [0.29, 0.717) is 0 Å². The summed E-state index contributed by atoms with van der Waals surface area (Å²) < 4.78 is 0. The Balaban J connectivity index is 2.88. The van der Waals surface area contributed by atoms with Crippen LogP contribution in [-0.4, -0.2) is 11.6 Å². The van der Waals surface area contributed by atoms with Crippen molar-refractivity contribution in [2.75, 3.05) is 5.33 Å². The smallest absolute Gasteiger partial charge is 0.150 e. The Morgan fingerprint density at radius 1 is 1.50 bits per heavy atom. The summed E-state index contributed by atoms with van der Waals surface area (Å²) in [5, 5.41) is 0.894. The van der Waals surface area contributed by atoms with Crippen molar-refractivity contribution in [2.45, 2.75) is 13.3 Å². The monoisotopic (exact) mass is 250 g/mol. The highest BCUT2D eigenvalue weighted by atomic mass is 79.9. The van der Waals surface area contributed by atoms with Crippen LogP contribution in [0.25, 0.3) is 0 Å². The number of aryl methyl sites for hydroxylation is 1. The molecule has 0 N–H and O–H groups in total. The Labute approximate surface area is 92.6 Å². The van der Waals surface area contributed by atoms with Gasteiger partial charge in [0.05, 0.1) is 0 Å². The fraction of sp³-hybridized carbons (Fsp3) is 0.250. The molecule has 1 rings (SSSR count). The zero-order chi connectivity index (χ0) is 10.4. The number of halogens is 1. The van der Waals surface area contributed by atoms with Gasteiger partial charge in [-0.1, -0.05) is 33.8 Å². The van der Waals surface area contributed by atoms with E-state index in [4.69, 9.17) is 0 Å². The molecule has 0 aliphatic rings. The topological polar surface area (TPSA) is 17.1 Å². The first-order valence-corrected chi connectivity index (χ1v) is 5.50. The maximum Gasteiger partial charge on any atom is 0.150 e. The van der Waals surface area contributed by atoms with Crippen molar-refractivity contribution < 1.29 is 4.79 Å². The zero-order valence-corrected chi connectivity index (χ0v) is 9.60. The number of carbonyl (C=O) groups is 1. The number of aldehydes is 1. The molecule has 0 amide bonds. The molecule has 1 aromatic rings. The van der Waals surface area contributed by atoms with Crippen LogP contribution in [0.4, 0.5) is 0 Å². The standard InChI is InChI=1S/C12H11BrO/c1-10-8-11(4-2-3-7-13)5-6-12(10)9-14/h5-6,8-9H,3,7H2,1H3. The van der Waals surface area contributed by atoms with Gasteiger partial charge in [-0.25, -0.2) is 0 Å². The van der Waals surface area contributed by atoms with E-state index in [0.717, 1.165) is 34.7 Å². The molecule has 0 aromatic heterocycles. The van der Waals surface area contributed by atoms with E-state index < -0.39 is 0 Å². The van der Waals surface area contributed by atoms with E-state index >= 15 is 0 Å². The van der Waals surface area contributed by atoms with Gasteiger partial charge in [-0.2, -0.15) is 0 Å². The predicted octanol–water partition coefficient (Wildman–Crippen LogP) is 2.94. The second-order valence-corrected chi connectivity index (χ2v) is 3.72. The van der Waals surface area contributed by atoms with E-state index in [2.05, 4.69) is 27.8 Å². The minimum atomic E-state index is 0.732. The van der Waals surface area contributed by atoms with Crippen LogP contribution in [0, 0.1) is 18.8 Å².